The van der Waals surface area contributed by atoms with Gasteiger partial charge in [0, 0.05) is 6.61 Å². The van der Waals surface area contributed by atoms with Gasteiger partial charge in [-0.3, -0.25) is 0 Å². The summed E-state index contributed by atoms with van der Waals surface area (Å²) in [5, 5.41) is 31.2. The second kappa shape index (κ2) is 6.21. The first-order valence-electron chi connectivity index (χ1n) is 10.8. The summed E-state index contributed by atoms with van der Waals surface area (Å²) in [5.41, 5.74) is 0.297. The van der Waals surface area contributed by atoms with Gasteiger partial charge >= 0.3 is 0 Å². The van der Waals surface area contributed by atoms with E-state index in [4.69, 9.17) is 0 Å². The molecule has 4 rings (SSSR count). The second-order valence-corrected chi connectivity index (χ2v) is 10.5. The van der Waals surface area contributed by atoms with Crippen LogP contribution < -0.4 is 0 Å². The number of rotatable bonds is 2. The molecule has 0 spiro atoms. The zero-order chi connectivity index (χ0) is 18.0. The lowest BCUT2D eigenvalue weighted by Crippen LogP contribution is -2.58. The number of hydrogen-bond acceptors (Lipinski definition) is 3. The minimum Gasteiger partial charge on any atom is -0.396 e. The van der Waals surface area contributed by atoms with Crippen LogP contribution in [-0.2, 0) is 0 Å². The topological polar surface area (TPSA) is 60.7 Å². The van der Waals surface area contributed by atoms with E-state index in [0.717, 1.165) is 31.6 Å². The number of aliphatic hydroxyl groups excluding tert-OH is 3. The van der Waals surface area contributed by atoms with Gasteiger partial charge in [-0.25, -0.2) is 0 Å². The summed E-state index contributed by atoms with van der Waals surface area (Å²) in [7, 11) is 0. The smallest absolute Gasteiger partial charge is 0.0602 e. The van der Waals surface area contributed by atoms with Gasteiger partial charge in [-0.15, -0.1) is 0 Å². The van der Waals surface area contributed by atoms with Crippen molar-refractivity contribution in [2.45, 2.75) is 84.3 Å². The van der Waals surface area contributed by atoms with Gasteiger partial charge in [0.2, 0.25) is 0 Å². The third-order valence-corrected chi connectivity index (χ3v) is 9.79. The molecule has 0 aromatic carbocycles. The summed E-state index contributed by atoms with van der Waals surface area (Å²) in [4.78, 5) is 0. The predicted molar refractivity (Wildman–Crippen MR) is 98.9 cm³/mol. The van der Waals surface area contributed by atoms with Crippen LogP contribution in [0.15, 0.2) is 0 Å². The third kappa shape index (κ3) is 2.48. The second-order valence-electron chi connectivity index (χ2n) is 10.5. The molecule has 3 N–H and O–H groups in total. The first-order valence-corrected chi connectivity index (χ1v) is 10.8. The molecule has 0 saturated heterocycles. The van der Waals surface area contributed by atoms with Crippen molar-refractivity contribution in [3.63, 3.8) is 0 Å². The SMILES string of the molecule is C[C@H](CO)C1CCC2C3CC[C@@H]4C[C@H](O)CC[C@]4(C)C3C[C@H](O)[C@@]21C. The molecular weight excluding hydrogens is 312 g/mol. The average Bonchev–Trinajstić information content (AvgIpc) is 2.95. The molecule has 0 aliphatic heterocycles. The summed E-state index contributed by atoms with van der Waals surface area (Å²) in [5.74, 6) is 3.36. The first-order chi connectivity index (χ1) is 11.8. The van der Waals surface area contributed by atoms with E-state index in [-0.39, 0.29) is 30.1 Å². The molecule has 0 radical (unpaired) electrons. The molecule has 0 heterocycles. The van der Waals surface area contributed by atoms with Gasteiger partial charge in [0.1, 0.15) is 0 Å². The van der Waals surface area contributed by atoms with Crippen LogP contribution >= 0.6 is 0 Å². The van der Waals surface area contributed by atoms with E-state index in [9.17, 15) is 15.3 Å². The molecular formula is C22H38O3. The Kier molecular flexibility index (Phi) is 4.53. The van der Waals surface area contributed by atoms with Gasteiger partial charge in [-0.1, -0.05) is 20.8 Å². The van der Waals surface area contributed by atoms with Crippen LogP contribution in [0.25, 0.3) is 0 Å². The van der Waals surface area contributed by atoms with Gasteiger partial charge in [0.05, 0.1) is 12.2 Å². The fourth-order valence-electron chi connectivity index (χ4n) is 8.29. The highest BCUT2D eigenvalue weighted by atomic mass is 16.3. The third-order valence-electron chi connectivity index (χ3n) is 9.79. The van der Waals surface area contributed by atoms with Crippen molar-refractivity contribution >= 4 is 0 Å². The fraction of sp³-hybridized carbons (Fsp3) is 1.00. The lowest BCUT2D eigenvalue weighted by Gasteiger charge is -2.62. The van der Waals surface area contributed by atoms with E-state index in [2.05, 4.69) is 20.8 Å². The zero-order valence-electron chi connectivity index (χ0n) is 16.3. The molecule has 10 atom stereocenters. The van der Waals surface area contributed by atoms with Gasteiger partial charge in [-0.2, -0.15) is 0 Å². The van der Waals surface area contributed by atoms with Crippen molar-refractivity contribution in [2.75, 3.05) is 6.61 Å². The molecule has 4 aliphatic rings. The Balaban J connectivity index is 1.64. The largest absolute Gasteiger partial charge is 0.396 e. The van der Waals surface area contributed by atoms with Crippen molar-refractivity contribution in [1.29, 1.82) is 0 Å². The Morgan fingerprint density at radius 1 is 0.960 bits per heavy atom. The van der Waals surface area contributed by atoms with Crippen LogP contribution in [0.5, 0.6) is 0 Å². The Morgan fingerprint density at radius 3 is 2.44 bits per heavy atom. The highest BCUT2D eigenvalue weighted by molar-refractivity contribution is 5.12. The maximum Gasteiger partial charge on any atom is 0.0602 e. The van der Waals surface area contributed by atoms with Crippen LogP contribution in [0.1, 0.15) is 72.1 Å². The summed E-state index contributed by atoms with van der Waals surface area (Å²) in [6.07, 6.45) is 8.59. The molecule has 3 heteroatoms. The fourth-order valence-corrected chi connectivity index (χ4v) is 8.29. The number of hydrogen-bond donors (Lipinski definition) is 3. The first kappa shape index (κ1) is 18.3. The van der Waals surface area contributed by atoms with Crippen molar-refractivity contribution in [3.05, 3.63) is 0 Å². The predicted octanol–water partition coefficient (Wildman–Crippen LogP) is 3.61. The molecule has 3 nitrogen and oxygen atoms in total. The summed E-state index contributed by atoms with van der Waals surface area (Å²) < 4.78 is 0. The van der Waals surface area contributed by atoms with Crippen LogP contribution in [-0.4, -0.2) is 34.1 Å². The minimum atomic E-state index is -0.234. The Hall–Kier alpha value is -0.120. The molecule has 4 aliphatic carbocycles. The van der Waals surface area contributed by atoms with E-state index >= 15 is 0 Å². The van der Waals surface area contributed by atoms with Gasteiger partial charge in [-0.05, 0) is 97.7 Å². The van der Waals surface area contributed by atoms with Crippen molar-refractivity contribution < 1.29 is 15.3 Å². The van der Waals surface area contributed by atoms with E-state index in [1.54, 1.807) is 0 Å². The van der Waals surface area contributed by atoms with Crippen molar-refractivity contribution in [1.82, 2.24) is 0 Å². The molecule has 0 bridgehead atoms. The van der Waals surface area contributed by atoms with Crippen LogP contribution in [0.4, 0.5) is 0 Å². The lowest BCUT2D eigenvalue weighted by atomic mass is 9.43. The van der Waals surface area contributed by atoms with Gasteiger partial charge < -0.3 is 15.3 Å². The Bertz CT molecular complexity index is 508. The quantitative estimate of drug-likeness (QED) is 0.713. The van der Waals surface area contributed by atoms with E-state index < -0.39 is 0 Å². The zero-order valence-corrected chi connectivity index (χ0v) is 16.3. The molecule has 0 aromatic heterocycles. The Morgan fingerprint density at radius 2 is 1.72 bits per heavy atom. The summed E-state index contributed by atoms with van der Waals surface area (Å²) in [6, 6.07) is 0. The molecule has 25 heavy (non-hydrogen) atoms. The van der Waals surface area contributed by atoms with Gasteiger partial charge in [0.15, 0.2) is 0 Å². The van der Waals surface area contributed by atoms with Crippen LogP contribution in [0, 0.1) is 46.3 Å². The van der Waals surface area contributed by atoms with Gasteiger partial charge in [0.25, 0.3) is 0 Å². The normalized spacial score (nSPS) is 56.6. The highest BCUT2D eigenvalue weighted by Gasteiger charge is 2.63. The van der Waals surface area contributed by atoms with Crippen LogP contribution in [0.3, 0.4) is 0 Å². The average molecular weight is 351 g/mol. The highest BCUT2D eigenvalue weighted by Crippen LogP contribution is 2.68. The van der Waals surface area contributed by atoms with Crippen molar-refractivity contribution in [2.24, 2.45) is 46.3 Å². The van der Waals surface area contributed by atoms with Crippen molar-refractivity contribution in [3.8, 4) is 0 Å². The maximum absolute atomic E-state index is 11.3. The Labute approximate surface area is 153 Å². The monoisotopic (exact) mass is 350 g/mol. The van der Waals surface area contributed by atoms with E-state index in [0.29, 0.717) is 29.1 Å². The standard InChI is InChI=1S/C22H38O3/c1-13(12-23)17-6-7-18-16-5-4-14-10-15(24)8-9-21(14,2)19(16)11-20(25)22(17,18)3/h13-20,23-25H,4-12H2,1-3H3/t13-,14-,15-,16?,17?,18?,19?,20+,21+,22-/m1/s1. The molecule has 4 unspecified atom stereocenters. The molecule has 0 amide bonds. The number of fused-ring (bicyclic) bond motifs is 5. The molecule has 144 valence electrons. The molecule has 4 fully saturated rings. The minimum absolute atomic E-state index is 0.0132. The van der Waals surface area contributed by atoms with E-state index in [1.807, 2.05) is 0 Å². The lowest BCUT2D eigenvalue weighted by molar-refractivity contribution is -0.175. The van der Waals surface area contributed by atoms with Crippen LogP contribution in [0.2, 0.25) is 0 Å². The molecule has 4 saturated carbocycles. The summed E-state index contributed by atoms with van der Waals surface area (Å²) >= 11 is 0. The number of aliphatic hydroxyl groups is 3. The van der Waals surface area contributed by atoms with E-state index in [1.165, 1.54) is 25.7 Å². The summed E-state index contributed by atoms with van der Waals surface area (Å²) in [6.45, 7) is 7.21. The molecule has 0 aromatic rings. The maximum atomic E-state index is 11.3.